The third kappa shape index (κ3) is 2.81. The van der Waals surface area contributed by atoms with Crippen LogP contribution >= 0.6 is 0 Å². The molecule has 0 bridgehead atoms. The maximum absolute atomic E-state index is 11.1. The first kappa shape index (κ1) is 11.1. The average Bonchev–Trinajstić information content (AvgIpc) is 2.29. The summed E-state index contributed by atoms with van der Waals surface area (Å²) < 4.78 is 5.49. The van der Waals surface area contributed by atoms with Crippen LogP contribution in [0.3, 0.4) is 0 Å². The van der Waals surface area contributed by atoms with Crippen molar-refractivity contribution in [3.63, 3.8) is 0 Å². The van der Waals surface area contributed by atoms with Gasteiger partial charge >= 0.3 is 0 Å². The fourth-order valence-corrected chi connectivity index (χ4v) is 1.35. The lowest BCUT2D eigenvalue weighted by atomic mass is 10.2. The molecule has 4 nitrogen and oxygen atoms in total. The van der Waals surface area contributed by atoms with E-state index in [1.807, 2.05) is 0 Å². The lowest BCUT2D eigenvalue weighted by molar-refractivity contribution is 0.101. The molecule has 2 aromatic rings. The Balaban J connectivity index is 2.16. The third-order valence-electron chi connectivity index (χ3n) is 2.22. The number of nitrogens with zero attached hydrogens (tertiary/aromatic N) is 1. The number of hydrogen-bond donors (Lipinski definition) is 1. The third-order valence-corrected chi connectivity index (χ3v) is 2.22. The molecule has 17 heavy (non-hydrogen) atoms. The lowest BCUT2D eigenvalue weighted by Gasteiger charge is -2.05. The summed E-state index contributed by atoms with van der Waals surface area (Å²) in [5, 5.41) is 0. The van der Waals surface area contributed by atoms with Crippen molar-refractivity contribution in [2.75, 3.05) is 5.73 Å². The first-order chi connectivity index (χ1) is 8.15. The highest BCUT2D eigenvalue weighted by Crippen LogP contribution is 2.21. The topological polar surface area (TPSA) is 65.2 Å². The van der Waals surface area contributed by atoms with Crippen molar-refractivity contribution in [2.45, 2.75) is 6.92 Å². The second kappa shape index (κ2) is 4.65. The van der Waals surface area contributed by atoms with Crippen molar-refractivity contribution in [1.29, 1.82) is 0 Å². The number of anilines is 1. The van der Waals surface area contributed by atoms with E-state index in [9.17, 15) is 4.79 Å². The number of carbonyl (C=O) groups is 1. The van der Waals surface area contributed by atoms with E-state index >= 15 is 0 Å². The van der Waals surface area contributed by atoms with E-state index in [-0.39, 0.29) is 5.78 Å². The maximum Gasteiger partial charge on any atom is 0.219 e. The van der Waals surface area contributed by atoms with Crippen LogP contribution in [0.1, 0.15) is 17.3 Å². The number of aromatic nitrogens is 1. The molecule has 1 aromatic heterocycles. The van der Waals surface area contributed by atoms with Gasteiger partial charge in [0.2, 0.25) is 5.88 Å². The molecular formula is C13H12N2O2. The van der Waals surface area contributed by atoms with Crippen molar-refractivity contribution in [3.8, 4) is 11.6 Å². The van der Waals surface area contributed by atoms with E-state index in [1.54, 1.807) is 36.4 Å². The number of nitrogens with two attached hydrogens (primary N) is 1. The molecule has 1 aromatic carbocycles. The Morgan fingerprint density at radius 3 is 2.71 bits per heavy atom. The van der Waals surface area contributed by atoms with Gasteiger partial charge in [-0.1, -0.05) is 6.07 Å². The van der Waals surface area contributed by atoms with Crippen LogP contribution in [0, 0.1) is 0 Å². The van der Waals surface area contributed by atoms with Crippen molar-refractivity contribution in [1.82, 2.24) is 4.98 Å². The Kier molecular flexibility index (Phi) is 3.05. The molecule has 0 fully saturated rings. The number of nitrogen functional groups attached to an aromatic ring is 1. The molecule has 0 unspecified atom stereocenters. The summed E-state index contributed by atoms with van der Waals surface area (Å²) in [5.74, 6) is 1.03. The smallest absolute Gasteiger partial charge is 0.219 e. The van der Waals surface area contributed by atoms with Crippen LogP contribution in [0.2, 0.25) is 0 Å². The monoisotopic (exact) mass is 228 g/mol. The summed E-state index contributed by atoms with van der Waals surface area (Å²) in [6.07, 6.45) is 1.49. The van der Waals surface area contributed by atoms with Crippen LogP contribution in [0.5, 0.6) is 11.6 Å². The highest BCUT2D eigenvalue weighted by atomic mass is 16.5. The predicted octanol–water partition coefficient (Wildman–Crippen LogP) is 2.66. The number of ketones is 1. The van der Waals surface area contributed by atoms with Gasteiger partial charge in [-0.25, -0.2) is 4.98 Å². The zero-order valence-electron chi connectivity index (χ0n) is 9.38. The van der Waals surface area contributed by atoms with Crippen LogP contribution in [0.15, 0.2) is 42.6 Å². The van der Waals surface area contributed by atoms with Gasteiger partial charge in [-0.15, -0.1) is 0 Å². The number of ether oxygens (including phenoxy) is 1. The molecule has 0 amide bonds. The van der Waals surface area contributed by atoms with Gasteiger partial charge in [-0.3, -0.25) is 4.79 Å². The molecule has 0 aliphatic carbocycles. The minimum atomic E-state index is -0.0204. The van der Waals surface area contributed by atoms with Crippen LogP contribution in [0.4, 0.5) is 5.69 Å². The molecule has 4 heteroatoms. The van der Waals surface area contributed by atoms with Crippen LogP contribution < -0.4 is 10.5 Å². The predicted molar refractivity (Wildman–Crippen MR) is 65.2 cm³/mol. The molecule has 86 valence electrons. The average molecular weight is 228 g/mol. The SMILES string of the molecule is CC(=O)c1ccc(Oc2cccc(N)c2)nc1. The Labute approximate surface area is 99.1 Å². The highest BCUT2D eigenvalue weighted by Gasteiger charge is 2.02. The molecule has 0 radical (unpaired) electrons. The summed E-state index contributed by atoms with van der Waals surface area (Å²) in [6, 6.07) is 10.4. The summed E-state index contributed by atoms with van der Waals surface area (Å²) in [4.78, 5) is 15.1. The van der Waals surface area contributed by atoms with E-state index in [0.29, 0.717) is 22.9 Å². The molecule has 0 saturated heterocycles. The molecular weight excluding hydrogens is 216 g/mol. The largest absolute Gasteiger partial charge is 0.439 e. The van der Waals surface area contributed by atoms with Crippen molar-refractivity contribution in [2.24, 2.45) is 0 Å². The molecule has 0 atom stereocenters. The van der Waals surface area contributed by atoms with Crippen molar-refractivity contribution >= 4 is 11.5 Å². The number of rotatable bonds is 3. The highest BCUT2D eigenvalue weighted by molar-refractivity contribution is 5.93. The Morgan fingerprint density at radius 2 is 2.12 bits per heavy atom. The second-order valence-corrected chi connectivity index (χ2v) is 3.62. The summed E-state index contributed by atoms with van der Waals surface area (Å²) in [7, 11) is 0. The Bertz CT molecular complexity index is 535. The van der Waals surface area contributed by atoms with E-state index < -0.39 is 0 Å². The minimum Gasteiger partial charge on any atom is -0.439 e. The van der Waals surface area contributed by atoms with Gasteiger partial charge < -0.3 is 10.5 Å². The van der Waals surface area contributed by atoms with E-state index in [0.717, 1.165) is 0 Å². The van der Waals surface area contributed by atoms with Gasteiger partial charge in [0, 0.05) is 29.6 Å². The van der Waals surface area contributed by atoms with Crippen LogP contribution in [-0.2, 0) is 0 Å². The van der Waals surface area contributed by atoms with E-state index in [1.165, 1.54) is 13.1 Å². The molecule has 2 N–H and O–H groups in total. The van der Waals surface area contributed by atoms with Gasteiger partial charge in [0.1, 0.15) is 5.75 Å². The quantitative estimate of drug-likeness (QED) is 0.647. The number of Topliss-reactive ketones (excluding diaryl/α,β-unsaturated/α-hetero) is 1. The van der Waals surface area contributed by atoms with Crippen LogP contribution in [0.25, 0.3) is 0 Å². The van der Waals surface area contributed by atoms with Gasteiger partial charge in [0.25, 0.3) is 0 Å². The lowest BCUT2D eigenvalue weighted by Crippen LogP contribution is -1.94. The first-order valence-corrected chi connectivity index (χ1v) is 5.15. The summed E-state index contributed by atoms with van der Waals surface area (Å²) >= 11 is 0. The minimum absolute atomic E-state index is 0.0204. The van der Waals surface area contributed by atoms with Crippen molar-refractivity contribution < 1.29 is 9.53 Å². The molecule has 0 aliphatic rings. The molecule has 0 aliphatic heterocycles. The normalized spacial score (nSPS) is 9.94. The van der Waals surface area contributed by atoms with Gasteiger partial charge in [-0.05, 0) is 25.1 Å². The summed E-state index contributed by atoms with van der Waals surface area (Å²) in [6.45, 7) is 1.50. The Hall–Kier alpha value is -2.36. The summed E-state index contributed by atoms with van der Waals surface area (Å²) in [5.41, 5.74) is 6.82. The number of benzene rings is 1. The molecule has 1 heterocycles. The molecule has 2 rings (SSSR count). The second-order valence-electron chi connectivity index (χ2n) is 3.62. The van der Waals surface area contributed by atoms with E-state index in [4.69, 9.17) is 10.5 Å². The van der Waals surface area contributed by atoms with Gasteiger partial charge in [0.15, 0.2) is 5.78 Å². The Morgan fingerprint density at radius 1 is 1.29 bits per heavy atom. The number of hydrogen-bond acceptors (Lipinski definition) is 4. The zero-order chi connectivity index (χ0) is 12.3. The standard InChI is InChI=1S/C13H12N2O2/c1-9(16)10-5-6-13(15-8-10)17-12-4-2-3-11(14)7-12/h2-8H,14H2,1H3. The first-order valence-electron chi connectivity index (χ1n) is 5.15. The van der Waals surface area contributed by atoms with Gasteiger partial charge in [-0.2, -0.15) is 0 Å². The van der Waals surface area contributed by atoms with Crippen molar-refractivity contribution in [3.05, 3.63) is 48.2 Å². The van der Waals surface area contributed by atoms with Crippen LogP contribution in [-0.4, -0.2) is 10.8 Å². The molecule has 0 saturated carbocycles. The zero-order valence-corrected chi connectivity index (χ0v) is 9.38. The van der Waals surface area contributed by atoms with Gasteiger partial charge in [0.05, 0.1) is 0 Å². The van der Waals surface area contributed by atoms with E-state index in [2.05, 4.69) is 4.98 Å². The number of pyridine rings is 1. The molecule has 0 spiro atoms. The maximum atomic E-state index is 11.1. The fourth-order valence-electron chi connectivity index (χ4n) is 1.35. The number of carbonyl (C=O) groups excluding carboxylic acids is 1. The fraction of sp³-hybridized carbons (Fsp3) is 0.0769.